The monoisotopic (exact) mass is 311 g/mol. The number of ether oxygens (including phenoxy) is 1. The molecule has 0 aliphatic carbocycles. The Morgan fingerprint density at radius 1 is 1.22 bits per heavy atom. The van der Waals surface area contributed by atoms with E-state index in [-0.39, 0.29) is 5.56 Å². The number of carbonyl (C=O) groups is 1. The maximum atomic E-state index is 10.9. The van der Waals surface area contributed by atoms with Gasteiger partial charge in [0.1, 0.15) is 17.9 Å². The fourth-order valence-corrected chi connectivity index (χ4v) is 2.36. The van der Waals surface area contributed by atoms with Crippen LogP contribution in [0, 0.1) is 13.8 Å². The summed E-state index contributed by atoms with van der Waals surface area (Å²) in [6.07, 6.45) is 0. The van der Waals surface area contributed by atoms with E-state index in [0.29, 0.717) is 18.9 Å². The third-order valence-corrected chi connectivity index (χ3v) is 3.78. The zero-order valence-electron chi connectivity index (χ0n) is 13.0. The van der Waals surface area contributed by atoms with Gasteiger partial charge in [0, 0.05) is 0 Å². The highest BCUT2D eigenvalue weighted by molar-refractivity contribution is 5.88. The second-order valence-electron chi connectivity index (χ2n) is 5.42. The number of aryl methyl sites for hydroxylation is 2. The Morgan fingerprint density at radius 2 is 2.00 bits per heavy atom. The van der Waals surface area contributed by atoms with Crippen molar-refractivity contribution >= 4 is 17.0 Å². The molecular weight excluding hydrogens is 294 g/mol. The average molecular weight is 311 g/mol. The number of hydrogen-bond acceptors (Lipinski definition) is 4. The third kappa shape index (κ3) is 3.15. The Balaban J connectivity index is 1.70. The molecule has 2 aromatic carbocycles. The van der Waals surface area contributed by atoms with Gasteiger partial charge in [0.05, 0.1) is 17.6 Å². The van der Waals surface area contributed by atoms with Crippen molar-refractivity contribution < 1.29 is 14.6 Å². The molecular formula is C17H17N3O3. The highest BCUT2D eigenvalue weighted by Gasteiger charge is 2.07. The van der Waals surface area contributed by atoms with Crippen LogP contribution in [0.25, 0.3) is 11.0 Å². The van der Waals surface area contributed by atoms with Gasteiger partial charge in [-0.25, -0.2) is 9.48 Å². The van der Waals surface area contributed by atoms with Gasteiger partial charge in [-0.1, -0.05) is 11.3 Å². The lowest BCUT2D eigenvalue weighted by atomic mass is 10.1. The molecule has 0 saturated carbocycles. The smallest absolute Gasteiger partial charge is 0.335 e. The molecule has 6 heteroatoms. The fourth-order valence-electron chi connectivity index (χ4n) is 2.36. The summed E-state index contributed by atoms with van der Waals surface area (Å²) >= 11 is 0. The number of hydrogen-bond donors (Lipinski definition) is 1. The minimum Gasteiger partial charge on any atom is -0.492 e. The normalized spacial score (nSPS) is 10.9. The lowest BCUT2D eigenvalue weighted by Gasteiger charge is -2.08. The van der Waals surface area contributed by atoms with E-state index in [1.165, 1.54) is 23.3 Å². The fraction of sp³-hybridized carbons (Fsp3) is 0.235. The highest BCUT2D eigenvalue weighted by atomic mass is 16.5. The molecule has 3 aromatic rings. The van der Waals surface area contributed by atoms with Crippen molar-refractivity contribution in [2.24, 2.45) is 0 Å². The Labute approximate surface area is 133 Å². The third-order valence-electron chi connectivity index (χ3n) is 3.78. The quantitative estimate of drug-likeness (QED) is 0.784. The second-order valence-corrected chi connectivity index (χ2v) is 5.42. The van der Waals surface area contributed by atoms with Gasteiger partial charge in [-0.05, 0) is 55.3 Å². The number of nitrogens with zero attached hydrogens (tertiary/aromatic N) is 3. The van der Waals surface area contributed by atoms with Gasteiger partial charge < -0.3 is 9.84 Å². The summed E-state index contributed by atoms with van der Waals surface area (Å²) in [5, 5.41) is 17.3. The zero-order chi connectivity index (χ0) is 16.4. The van der Waals surface area contributed by atoms with Crippen LogP contribution in [-0.4, -0.2) is 32.7 Å². The number of fused-ring (bicyclic) bond motifs is 1. The summed E-state index contributed by atoms with van der Waals surface area (Å²) in [6.45, 7) is 5.02. The Morgan fingerprint density at radius 3 is 2.78 bits per heavy atom. The topological polar surface area (TPSA) is 77.2 Å². The summed E-state index contributed by atoms with van der Waals surface area (Å²) in [4.78, 5) is 10.9. The highest BCUT2D eigenvalue weighted by Crippen LogP contribution is 2.17. The summed E-state index contributed by atoms with van der Waals surface area (Å²) in [7, 11) is 0. The molecule has 1 aromatic heterocycles. The van der Waals surface area contributed by atoms with Gasteiger partial charge >= 0.3 is 5.97 Å². The zero-order valence-corrected chi connectivity index (χ0v) is 13.0. The maximum Gasteiger partial charge on any atom is 0.335 e. The Hall–Kier alpha value is -2.89. The van der Waals surface area contributed by atoms with Crippen molar-refractivity contribution in [1.82, 2.24) is 15.0 Å². The molecule has 1 N–H and O–H groups in total. The van der Waals surface area contributed by atoms with Crippen LogP contribution >= 0.6 is 0 Å². The van der Waals surface area contributed by atoms with E-state index in [0.717, 1.165) is 11.0 Å². The summed E-state index contributed by atoms with van der Waals surface area (Å²) in [6, 6.07) is 10.5. The van der Waals surface area contributed by atoms with Crippen LogP contribution in [0.4, 0.5) is 0 Å². The second kappa shape index (κ2) is 6.08. The molecule has 0 aliphatic rings. The number of aromatic nitrogens is 3. The van der Waals surface area contributed by atoms with E-state index < -0.39 is 5.97 Å². The minimum atomic E-state index is -0.969. The van der Waals surface area contributed by atoms with Crippen LogP contribution in [0.1, 0.15) is 21.5 Å². The lowest BCUT2D eigenvalue weighted by molar-refractivity contribution is 0.0696. The number of benzene rings is 2. The van der Waals surface area contributed by atoms with E-state index in [4.69, 9.17) is 9.84 Å². The van der Waals surface area contributed by atoms with Gasteiger partial charge in [0.25, 0.3) is 0 Å². The molecule has 0 unspecified atom stereocenters. The summed E-state index contributed by atoms with van der Waals surface area (Å²) < 4.78 is 7.42. The van der Waals surface area contributed by atoms with Gasteiger partial charge in [-0.2, -0.15) is 0 Å². The van der Waals surface area contributed by atoms with Crippen molar-refractivity contribution in [2.45, 2.75) is 20.4 Å². The maximum absolute atomic E-state index is 10.9. The van der Waals surface area contributed by atoms with E-state index in [1.807, 2.05) is 13.0 Å². The predicted molar refractivity (Wildman–Crippen MR) is 85.9 cm³/mol. The molecule has 3 rings (SSSR count). The average Bonchev–Trinajstić information content (AvgIpc) is 2.90. The first-order valence-electron chi connectivity index (χ1n) is 7.31. The van der Waals surface area contributed by atoms with Crippen molar-refractivity contribution in [3.05, 3.63) is 53.1 Å². The van der Waals surface area contributed by atoms with Gasteiger partial charge in [0.2, 0.25) is 0 Å². The van der Waals surface area contributed by atoms with E-state index >= 15 is 0 Å². The first-order chi connectivity index (χ1) is 11.0. The van der Waals surface area contributed by atoms with Crippen LogP contribution < -0.4 is 4.74 Å². The van der Waals surface area contributed by atoms with Gasteiger partial charge in [-0.15, -0.1) is 5.10 Å². The van der Waals surface area contributed by atoms with Crippen LogP contribution in [0.5, 0.6) is 5.75 Å². The lowest BCUT2D eigenvalue weighted by Crippen LogP contribution is -2.10. The molecule has 0 bridgehead atoms. The van der Waals surface area contributed by atoms with Crippen LogP contribution in [-0.2, 0) is 6.54 Å². The Bertz CT molecular complexity index is 871. The summed E-state index contributed by atoms with van der Waals surface area (Å²) in [5.74, 6) is -0.440. The van der Waals surface area contributed by atoms with Crippen molar-refractivity contribution in [1.29, 1.82) is 0 Å². The molecule has 0 aliphatic heterocycles. The molecule has 0 amide bonds. The number of rotatable bonds is 5. The van der Waals surface area contributed by atoms with Crippen molar-refractivity contribution in [2.75, 3.05) is 6.61 Å². The molecule has 0 saturated heterocycles. The van der Waals surface area contributed by atoms with Crippen molar-refractivity contribution in [3.8, 4) is 5.75 Å². The van der Waals surface area contributed by atoms with Crippen LogP contribution in [0.3, 0.4) is 0 Å². The van der Waals surface area contributed by atoms with Crippen LogP contribution in [0.15, 0.2) is 36.4 Å². The first-order valence-corrected chi connectivity index (χ1v) is 7.31. The number of aromatic carboxylic acids is 1. The van der Waals surface area contributed by atoms with E-state index in [9.17, 15) is 4.79 Å². The largest absolute Gasteiger partial charge is 0.492 e. The number of carboxylic acids is 1. The summed E-state index contributed by atoms with van der Waals surface area (Å²) in [5.41, 5.74) is 4.42. The van der Waals surface area contributed by atoms with Gasteiger partial charge in [-0.3, -0.25) is 0 Å². The molecule has 118 valence electrons. The standard InChI is InChI=1S/C17H17N3O3/c1-11-8-15-16(9-12(11)2)20(19-18-15)6-7-23-14-5-3-4-13(10-14)17(21)22/h3-5,8-10H,6-7H2,1-2H3,(H,21,22). The molecule has 0 radical (unpaired) electrons. The van der Waals surface area contributed by atoms with E-state index in [1.54, 1.807) is 16.8 Å². The first kappa shape index (κ1) is 15.0. The molecule has 1 heterocycles. The number of carboxylic acid groups (broad SMARTS) is 1. The SMILES string of the molecule is Cc1cc2nnn(CCOc3cccc(C(=O)O)c3)c2cc1C. The molecule has 0 atom stereocenters. The van der Waals surface area contributed by atoms with Crippen molar-refractivity contribution in [3.63, 3.8) is 0 Å². The predicted octanol–water partition coefficient (Wildman–Crippen LogP) is 2.83. The van der Waals surface area contributed by atoms with E-state index in [2.05, 4.69) is 23.3 Å². The molecule has 0 spiro atoms. The Kier molecular flexibility index (Phi) is 3.97. The molecule has 0 fully saturated rings. The van der Waals surface area contributed by atoms with Gasteiger partial charge in [0.15, 0.2) is 0 Å². The molecule has 23 heavy (non-hydrogen) atoms. The van der Waals surface area contributed by atoms with Crippen LogP contribution in [0.2, 0.25) is 0 Å². The minimum absolute atomic E-state index is 0.208. The molecule has 6 nitrogen and oxygen atoms in total.